The molecule has 0 spiro atoms. The lowest BCUT2D eigenvalue weighted by atomic mass is 10.0. The Kier molecular flexibility index (Phi) is 7.01. The van der Waals surface area contributed by atoms with Crippen LogP contribution in [0.1, 0.15) is 11.1 Å². The van der Waals surface area contributed by atoms with Gasteiger partial charge in [0, 0.05) is 13.1 Å². The monoisotopic (exact) mass is 359 g/mol. The van der Waals surface area contributed by atoms with Crippen LogP contribution in [0, 0.1) is 11.8 Å². The van der Waals surface area contributed by atoms with E-state index >= 15 is 0 Å². The molecular weight excluding hydrogens is 334 g/mol. The molecule has 1 heterocycles. The topological polar surface area (TPSA) is 32.7 Å². The summed E-state index contributed by atoms with van der Waals surface area (Å²) in [5, 5.41) is 11.1. The van der Waals surface area contributed by atoms with Gasteiger partial charge in [0.15, 0.2) is 5.60 Å². The Morgan fingerprint density at radius 1 is 0.889 bits per heavy atom. The van der Waals surface area contributed by atoms with Crippen molar-refractivity contribution in [2.45, 2.75) is 5.60 Å². The van der Waals surface area contributed by atoms with Crippen LogP contribution in [0.25, 0.3) is 12.2 Å². The molecule has 0 radical (unpaired) electrons. The first kappa shape index (κ1) is 19.1. The van der Waals surface area contributed by atoms with Gasteiger partial charge in [-0.1, -0.05) is 84.7 Å². The standard InChI is InChI=1S/C24H25NO2/c26-24(15-12-22-8-3-1-4-9-22,16-13-23-10-5-2-6-11-23)14-7-17-25-18-20-27-21-19-25/h1-6,8-13,15-16,26H,17-21H2/b15-12+,16-13+. The van der Waals surface area contributed by atoms with Gasteiger partial charge in [0.25, 0.3) is 0 Å². The van der Waals surface area contributed by atoms with E-state index in [2.05, 4.69) is 16.7 Å². The van der Waals surface area contributed by atoms with Gasteiger partial charge in [-0.25, -0.2) is 0 Å². The van der Waals surface area contributed by atoms with Gasteiger partial charge in [-0.15, -0.1) is 0 Å². The lowest BCUT2D eigenvalue weighted by Crippen LogP contribution is -2.36. The maximum atomic E-state index is 11.1. The van der Waals surface area contributed by atoms with Crippen molar-refractivity contribution < 1.29 is 9.84 Å². The van der Waals surface area contributed by atoms with Gasteiger partial charge in [0.05, 0.1) is 19.8 Å². The second-order valence-electron chi connectivity index (χ2n) is 6.50. The average molecular weight is 359 g/mol. The molecule has 0 aliphatic carbocycles. The Morgan fingerprint density at radius 3 is 1.93 bits per heavy atom. The minimum atomic E-state index is -1.32. The van der Waals surface area contributed by atoms with Crippen molar-refractivity contribution in [3.05, 3.63) is 83.9 Å². The summed E-state index contributed by atoms with van der Waals surface area (Å²) in [6.07, 6.45) is 7.29. The number of nitrogens with zero attached hydrogens (tertiary/aromatic N) is 1. The van der Waals surface area contributed by atoms with Gasteiger partial charge < -0.3 is 9.84 Å². The summed E-state index contributed by atoms with van der Waals surface area (Å²) in [5.74, 6) is 6.17. The molecule has 1 aliphatic rings. The number of aliphatic hydroxyl groups is 1. The second-order valence-corrected chi connectivity index (χ2v) is 6.50. The van der Waals surface area contributed by atoms with Gasteiger partial charge >= 0.3 is 0 Å². The number of morpholine rings is 1. The number of ether oxygens (including phenoxy) is 1. The van der Waals surface area contributed by atoms with Crippen molar-refractivity contribution in [3.63, 3.8) is 0 Å². The molecule has 3 rings (SSSR count). The van der Waals surface area contributed by atoms with E-state index in [0.29, 0.717) is 6.54 Å². The van der Waals surface area contributed by atoms with Crippen LogP contribution in [-0.4, -0.2) is 48.5 Å². The smallest absolute Gasteiger partial charge is 0.163 e. The fourth-order valence-electron chi connectivity index (χ4n) is 2.77. The largest absolute Gasteiger partial charge is 0.379 e. The van der Waals surface area contributed by atoms with Gasteiger partial charge in [-0.3, -0.25) is 4.90 Å². The van der Waals surface area contributed by atoms with Gasteiger partial charge in [0.1, 0.15) is 0 Å². The second kappa shape index (κ2) is 9.89. The summed E-state index contributed by atoms with van der Waals surface area (Å²) in [6, 6.07) is 19.8. The molecular formula is C24H25NO2. The van der Waals surface area contributed by atoms with Crippen LogP contribution in [0.5, 0.6) is 0 Å². The molecule has 2 aromatic rings. The van der Waals surface area contributed by atoms with Crippen LogP contribution >= 0.6 is 0 Å². The zero-order chi connectivity index (χ0) is 18.8. The highest BCUT2D eigenvalue weighted by Gasteiger charge is 2.16. The Morgan fingerprint density at radius 2 is 1.41 bits per heavy atom. The van der Waals surface area contributed by atoms with Crippen molar-refractivity contribution in [2.75, 3.05) is 32.8 Å². The van der Waals surface area contributed by atoms with Crippen molar-refractivity contribution in [1.29, 1.82) is 0 Å². The highest BCUT2D eigenvalue weighted by molar-refractivity contribution is 5.58. The zero-order valence-corrected chi connectivity index (χ0v) is 15.4. The summed E-state index contributed by atoms with van der Waals surface area (Å²) in [6.45, 7) is 3.88. The van der Waals surface area contributed by atoms with E-state index in [1.54, 1.807) is 12.2 Å². The number of rotatable bonds is 5. The third kappa shape index (κ3) is 6.54. The van der Waals surface area contributed by atoms with E-state index in [-0.39, 0.29) is 0 Å². The maximum Gasteiger partial charge on any atom is 0.163 e. The van der Waals surface area contributed by atoms with Crippen LogP contribution in [0.3, 0.4) is 0 Å². The molecule has 1 aliphatic heterocycles. The fourth-order valence-corrected chi connectivity index (χ4v) is 2.77. The van der Waals surface area contributed by atoms with E-state index in [0.717, 1.165) is 37.4 Å². The average Bonchev–Trinajstić information content (AvgIpc) is 2.73. The summed E-state index contributed by atoms with van der Waals surface area (Å²) in [7, 11) is 0. The first-order valence-electron chi connectivity index (χ1n) is 9.25. The van der Waals surface area contributed by atoms with Crippen LogP contribution in [0.15, 0.2) is 72.8 Å². The minimum Gasteiger partial charge on any atom is -0.379 e. The molecule has 0 saturated carbocycles. The third-order valence-corrected chi connectivity index (χ3v) is 4.35. The highest BCUT2D eigenvalue weighted by atomic mass is 16.5. The van der Waals surface area contributed by atoms with E-state index in [1.165, 1.54) is 0 Å². The van der Waals surface area contributed by atoms with Gasteiger partial charge in [-0.05, 0) is 23.3 Å². The predicted molar refractivity (Wildman–Crippen MR) is 111 cm³/mol. The SMILES string of the molecule is OC(C#CCN1CCOCC1)(/C=C/c1ccccc1)/C=C/c1ccccc1. The van der Waals surface area contributed by atoms with Gasteiger partial charge in [-0.2, -0.15) is 0 Å². The lowest BCUT2D eigenvalue weighted by molar-refractivity contribution is 0.0443. The highest BCUT2D eigenvalue weighted by Crippen LogP contribution is 2.14. The molecule has 1 N–H and O–H groups in total. The van der Waals surface area contributed by atoms with Crippen molar-refractivity contribution in [1.82, 2.24) is 4.90 Å². The first-order valence-corrected chi connectivity index (χ1v) is 9.25. The Labute approximate surface area is 161 Å². The third-order valence-electron chi connectivity index (χ3n) is 4.35. The molecule has 3 nitrogen and oxygen atoms in total. The van der Waals surface area contributed by atoms with Crippen LogP contribution in [0.2, 0.25) is 0 Å². The van der Waals surface area contributed by atoms with Crippen LogP contribution in [0.4, 0.5) is 0 Å². The number of hydrogen-bond acceptors (Lipinski definition) is 3. The van der Waals surface area contributed by atoms with E-state index < -0.39 is 5.60 Å². The Balaban J connectivity index is 1.77. The molecule has 3 heteroatoms. The van der Waals surface area contributed by atoms with Crippen LogP contribution in [-0.2, 0) is 4.74 Å². The summed E-state index contributed by atoms with van der Waals surface area (Å²) < 4.78 is 5.36. The fraction of sp³-hybridized carbons (Fsp3) is 0.250. The molecule has 0 aromatic heterocycles. The number of hydrogen-bond donors (Lipinski definition) is 1. The molecule has 0 unspecified atom stereocenters. The van der Waals surface area contributed by atoms with Crippen molar-refractivity contribution in [2.24, 2.45) is 0 Å². The van der Waals surface area contributed by atoms with Gasteiger partial charge in [0.2, 0.25) is 0 Å². The molecule has 2 aromatic carbocycles. The molecule has 1 saturated heterocycles. The minimum absolute atomic E-state index is 0.629. The van der Waals surface area contributed by atoms with E-state index in [1.807, 2.05) is 72.8 Å². The summed E-state index contributed by atoms with van der Waals surface area (Å²) in [4.78, 5) is 2.23. The number of benzene rings is 2. The molecule has 138 valence electrons. The molecule has 0 amide bonds. The first-order chi connectivity index (χ1) is 13.2. The molecule has 1 fully saturated rings. The molecule has 0 bridgehead atoms. The Bertz CT molecular complexity index is 760. The summed E-state index contributed by atoms with van der Waals surface area (Å²) >= 11 is 0. The molecule has 0 atom stereocenters. The van der Waals surface area contributed by atoms with Crippen molar-refractivity contribution in [3.8, 4) is 11.8 Å². The van der Waals surface area contributed by atoms with E-state index in [4.69, 9.17) is 4.74 Å². The maximum absolute atomic E-state index is 11.1. The Hall–Kier alpha value is -2.64. The van der Waals surface area contributed by atoms with Crippen LogP contribution < -0.4 is 0 Å². The molecule has 27 heavy (non-hydrogen) atoms. The normalized spacial score (nSPS) is 15.7. The van der Waals surface area contributed by atoms with E-state index in [9.17, 15) is 5.11 Å². The lowest BCUT2D eigenvalue weighted by Gasteiger charge is -2.24. The quantitative estimate of drug-likeness (QED) is 0.830. The predicted octanol–water partition coefficient (Wildman–Crippen LogP) is 3.48. The zero-order valence-electron chi connectivity index (χ0n) is 15.4. The summed E-state index contributed by atoms with van der Waals surface area (Å²) in [5.41, 5.74) is 0.732. The van der Waals surface area contributed by atoms with Crippen molar-refractivity contribution >= 4 is 12.2 Å².